The molecular formula is C9H15ClN2O3S. The summed E-state index contributed by atoms with van der Waals surface area (Å²) < 4.78 is 30.4. The number of aryl methyl sites for hydroxylation is 1. The number of hydrogen-bond acceptors (Lipinski definition) is 4. The van der Waals surface area contributed by atoms with E-state index in [1.807, 2.05) is 0 Å². The molecule has 16 heavy (non-hydrogen) atoms. The SMILES string of the molecule is Cc1ccc(S(=O)(=O)N2CCC(N)C2)o1.Cl. The second-order valence-electron chi connectivity index (χ2n) is 3.78. The Balaban J connectivity index is 0.00000128. The predicted octanol–water partition coefficient (Wildman–Crippen LogP) is 0.732. The van der Waals surface area contributed by atoms with Crippen LogP contribution in [0.4, 0.5) is 0 Å². The number of sulfonamides is 1. The van der Waals surface area contributed by atoms with Crippen LogP contribution < -0.4 is 5.73 Å². The number of rotatable bonds is 2. The van der Waals surface area contributed by atoms with Gasteiger partial charge in [0.1, 0.15) is 5.76 Å². The molecule has 1 unspecified atom stereocenters. The fourth-order valence-corrected chi connectivity index (χ4v) is 3.11. The third-order valence-corrected chi connectivity index (χ3v) is 4.24. The van der Waals surface area contributed by atoms with Gasteiger partial charge in [-0.1, -0.05) is 0 Å². The highest BCUT2D eigenvalue weighted by molar-refractivity contribution is 7.89. The van der Waals surface area contributed by atoms with Crippen molar-refractivity contribution in [2.75, 3.05) is 13.1 Å². The van der Waals surface area contributed by atoms with Gasteiger partial charge in [-0.3, -0.25) is 0 Å². The van der Waals surface area contributed by atoms with E-state index in [1.165, 1.54) is 10.4 Å². The first-order chi connectivity index (χ1) is 7.00. The Morgan fingerprint density at radius 2 is 2.19 bits per heavy atom. The standard InChI is InChI=1S/C9H14N2O3S.ClH/c1-7-2-3-9(14-7)15(12,13)11-5-4-8(10)6-11;/h2-3,8H,4-6,10H2,1H3;1H. The van der Waals surface area contributed by atoms with Crippen molar-refractivity contribution < 1.29 is 12.8 Å². The van der Waals surface area contributed by atoms with Crippen molar-refractivity contribution in [3.05, 3.63) is 17.9 Å². The van der Waals surface area contributed by atoms with Gasteiger partial charge < -0.3 is 10.2 Å². The van der Waals surface area contributed by atoms with Gasteiger partial charge in [-0.05, 0) is 25.5 Å². The highest BCUT2D eigenvalue weighted by atomic mass is 35.5. The Bertz CT molecular complexity index is 457. The van der Waals surface area contributed by atoms with Crippen LogP contribution in [0.3, 0.4) is 0 Å². The molecule has 0 radical (unpaired) electrons. The molecule has 0 bridgehead atoms. The number of nitrogens with two attached hydrogens (primary N) is 1. The molecule has 0 aromatic carbocycles. The van der Waals surface area contributed by atoms with Crippen LogP contribution in [0.2, 0.25) is 0 Å². The Kier molecular flexibility index (Phi) is 4.01. The van der Waals surface area contributed by atoms with Gasteiger partial charge in [0.2, 0.25) is 5.09 Å². The summed E-state index contributed by atoms with van der Waals surface area (Å²) in [6.07, 6.45) is 0.707. The highest BCUT2D eigenvalue weighted by Gasteiger charge is 2.32. The summed E-state index contributed by atoms with van der Waals surface area (Å²) in [6, 6.07) is 3.06. The lowest BCUT2D eigenvalue weighted by atomic mass is 10.3. The van der Waals surface area contributed by atoms with Gasteiger partial charge in [-0.25, -0.2) is 8.42 Å². The lowest BCUT2D eigenvalue weighted by Gasteiger charge is -2.13. The summed E-state index contributed by atoms with van der Waals surface area (Å²) >= 11 is 0. The van der Waals surface area contributed by atoms with E-state index < -0.39 is 10.0 Å². The Hall–Kier alpha value is -0.560. The first-order valence-electron chi connectivity index (χ1n) is 4.82. The summed E-state index contributed by atoms with van der Waals surface area (Å²) in [7, 11) is -3.46. The van der Waals surface area contributed by atoms with Crippen molar-refractivity contribution in [1.82, 2.24) is 4.31 Å². The normalized spacial score (nSPS) is 22.0. The molecule has 0 spiro atoms. The maximum Gasteiger partial charge on any atom is 0.276 e. The fraction of sp³-hybridized carbons (Fsp3) is 0.556. The molecule has 1 aliphatic rings. The van der Waals surface area contributed by atoms with Crippen molar-refractivity contribution in [3.63, 3.8) is 0 Å². The van der Waals surface area contributed by atoms with Crippen molar-refractivity contribution in [3.8, 4) is 0 Å². The van der Waals surface area contributed by atoms with Gasteiger partial charge in [0.15, 0.2) is 0 Å². The maximum absolute atomic E-state index is 12.0. The molecule has 1 aliphatic heterocycles. The molecule has 2 N–H and O–H groups in total. The predicted molar refractivity (Wildman–Crippen MR) is 62.0 cm³/mol. The summed E-state index contributed by atoms with van der Waals surface area (Å²) in [4.78, 5) is 0. The quantitative estimate of drug-likeness (QED) is 0.856. The Labute approximate surface area is 101 Å². The molecule has 0 saturated carbocycles. The zero-order chi connectivity index (χ0) is 11.1. The van der Waals surface area contributed by atoms with Crippen LogP contribution in [0.1, 0.15) is 12.2 Å². The summed E-state index contributed by atoms with van der Waals surface area (Å²) in [5.41, 5.74) is 5.67. The lowest BCUT2D eigenvalue weighted by Crippen LogP contribution is -2.31. The largest absolute Gasteiger partial charge is 0.449 e. The molecule has 1 aromatic heterocycles. The molecule has 1 saturated heterocycles. The van der Waals surface area contributed by atoms with E-state index in [9.17, 15) is 8.42 Å². The molecular weight excluding hydrogens is 252 g/mol. The molecule has 1 aromatic rings. The second kappa shape index (κ2) is 4.75. The van der Waals surface area contributed by atoms with Gasteiger partial charge in [-0.2, -0.15) is 4.31 Å². The number of furan rings is 1. The van der Waals surface area contributed by atoms with E-state index in [2.05, 4.69) is 0 Å². The molecule has 0 amide bonds. The monoisotopic (exact) mass is 266 g/mol. The zero-order valence-corrected chi connectivity index (χ0v) is 10.6. The second-order valence-corrected chi connectivity index (χ2v) is 5.65. The molecule has 2 rings (SSSR count). The third-order valence-electron chi connectivity index (χ3n) is 2.50. The van der Waals surface area contributed by atoms with Crippen molar-refractivity contribution in [1.29, 1.82) is 0 Å². The number of halogens is 1. The van der Waals surface area contributed by atoms with Crippen LogP contribution >= 0.6 is 12.4 Å². The maximum atomic E-state index is 12.0. The number of hydrogen-bond donors (Lipinski definition) is 1. The first kappa shape index (κ1) is 13.5. The average Bonchev–Trinajstić information content (AvgIpc) is 2.74. The van der Waals surface area contributed by atoms with E-state index in [4.69, 9.17) is 10.2 Å². The molecule has 7 heteroatoms. The molecule has 92 valence electrons. The van der Waals surface area contributed by atoms with Gasteiger partial charge in [0.25, 0.3) is 10.0 Å². The van der Waals surface area contributed by atoms with E-state index in [0.717, 1.165) is 0 Å². The third kappa shape index (κ3) is 2.40. The molecule has 2 heterocycles. The zero-order valence-electron chi connectivity index (χ0n) is 8.92. The lowest BCUT2D eigenvalue weighted by molar-refractivity contribution is 0.397. The minimum Gasteiger partial charge on any atom is -0.449 e. The summed E-state index contributed by atoms with van der Waals surface area (Å²) in [5, 5.41) is 0.00843. The summed E-state index contributed by atoms with van der Waals surface area (Å²) in [5.74, 6) is 0.595. The van der Waals surface area contributed by atoms with Crippen LogP contribution in [0.15, 0.2) is 21.6 Å². The van der Waals surface area contributed by atoms with Crippen LogP contribution in [0.5, 0.6) is 0 Å². The molecule has 5 nitrogen and oxygen atoms in total. The van der Waals surface area contributed by atoms with Gasteiger partial charge in [-0.15, -0.1) is 12.4 Å². The van der Waals surface area contributed by atoms with Crippen molar-refractivity contribution in [2.24, 2.45) is 5.73 Å². The van der Waals surface area contributed by atoms with Gasteiger partial charge in [0, 0.05) is 19.1 Å². The number of nitrogens with zero attached hydrogens (tertiary/aromatic N) is 1. The molecule has 0 aliphatic carbocycles. The average molecular weight is 267 g/mol. The van der Waals surface area contributed by atoms with Gasteiger partial charge >= 0.3 is 0 Å². The molecule has 1 atom stereocenters. The van der Waals surface area contributed by atoms with Gasteiger partial charge in [0.05, 0.1) is 0 Å². The van der Waals surface area contributed by atoms with Crippen LogP contribution in [0, 0.1) is 6.92 Å². The van der Waals surface area contributed by atoms with Crippen molar-refractivity contribution >= 4 is 22.4 Å². The van der Waals surface area contributed by atoms with Crippen LogP contribution in [-0.2, 0) is 10.0 Å². The Morgan fingerprint density at radius 1 is 1.50 bits per heavy atom. The minimum absolute atomic E-state index is 0. The topological polar surface area (TPSA) is 76.5 Å². The Morgan fingerprint density at radius 3 is 2.62 bits per heavy atom. The van der Waals surface area contributed by atoms with Crippen molar-refractivity contribution in [2.45, 2.75) is 24.5 Å². The van der Waals surface area contributed by atoms with E-state index in [1.54, 1.807) is 13.0 Å². The highest BCUT2D eigenvalue weighted by Crippen LogP contribution is 2.21. The minimum atomic E-state index is -3.46. The molecule has 1 fully saturated rings. The smallest absolute Gasteiger partial charge is 0.276 e. The first-order valence-corrected chi connectivity index (χ1v) is 6.26. The van der Waals surface area contributed by atoms with Crippen LogP contribution in [-0.4, -0.2) is 31.9 Å². The fourth-order valence-electron chi connectivity index (χ4n) is 1.65. The van der Waals surface area contributed by atoms with E-state index in [-0.39, 0.29) is 23.5 Å². The van der Waals surface area contributed by atoms with Crippen LogP contribution in [0.25, 0.3) is 0 Å². The summed E-state index contributed by atoms with van der Waals surface area (Å²) in [6.45, 7) is 2.57. The van der Waals surface area contributed by atoms with E-state index >= 15 is 0 Å². The van der Waals surface area contributed by atoms with E-state index in [0.29, 0.717) is 25.3 Å².